The van der Waals surface area contributed by atoms with E-state index in [0.717, 1.165) is 5.69 Å². The monoisotopic (exact) mass is 358 g/mol. The summed E-state index contributed by atoms with van der Waals surface area (Å²) in [6.07, 6.45) is 6.12. The van der Waals surface area contributed by atoms with Crippen LogP contribution in [0.25, 0.3) is 5.78 Å². The standard InChI is InChI=1S/C16H18N6O2S/c1-3-11(12-8-22-6-4-5-17-15(22)20-12)19-14(24)9-25-16-18-10(2)7-13(23)21-16/h4-8,11H,3,9H2,1-2H3,(H,19,24)(H,18,21,23)/t11-/m0/s1. The highest BCUT2D eigenvalue weighted by Gasteiger charge is 2.17. The molecule has 0 fully saturated rings. The number of fused-ring (bicyclic) bond motifs is 1. The molecule has 9 heteroatoms. The molecule has 0 aliphatic rings. The maximum Gasteiger partial charge on any atom is 0.251 e. The summed E-state index contributed by atoms with van der Waals surface area (Å²) in [4.78, 5) is 39.1. The molecule has 0 aromatic carbocycles. The summed E-state index contributed by atoms with van der Waals surface area (Å²) in [5.74, 6) is 0.612. The van der Waals surface area contributed by atoms with Crippen LogP contribution in [-0.2, 0) is 4.79 Å². The summed E-state index contributed by atoms with van der Waals surface area (Å²) >= 11 is 1.19. The van der Waals surface area contributed by atoms with Crippen LogP contribution in [-0.4, -0.2) is 36.0 Å². The van der Waals surface area contributed by atoms with Crippen LogP contribution in [0.15, 0.2) is 40.7 Å². The van der Waals surface area contributed by atoms with Gasteiger partial charge < -0.3 is 10.3 Å². The van der Waals surface area contributed by atoms with E-state index in [9.17, 15) is 9.59 Å². The van der Waals surface area contributed by atoms with E-state index in [0.29, 0.717) is 23.0 Å². The zero-order valence-electron chi connectivity index (χ0n) is 13.9. The van der Waals surface area contributed by atoms with E-state index in [1.807, 2.05) is 29.8 Å². The predicted octanol–water partition coefficient (Wildman–Crippen LogP) is 1.48. The predicted molar refractivity (Wildman–Crippen MR) is 94.5 cm³/mol. The lowest BCUT2D eigenvalue weighted by Crippen LogP contribution is -2.30. The molecule has 3 heterocycles. The Hall–Kier alpha value is -2.68. The molecule has 0 aliphatic heterocycles. The highest BCUT2D eigenvalue weighted by Crippen LogP contribution is 2.17. The van der Waals surface area contributed by atoms with Crippen molar-refractivity contribution in [2.75, 3.05) is 5.75 Å². The number of nitrogens with one attached hydrogen (secondary N) is 2. The Bertz CT molecular complexity index is 918. The Morgan fingerprint density at radius 1 is 1.44 bits per heavy atom. The number of imidazole rings is 1. The molecule has 8 nitrogen and oxygen atoms in total. The Morgan fingerprint density at radius 2 is 2.28 bits per heavy atom. The van der Waals surface area contributed by atoms with Crippen molar-refractivity contribution in [3.63, 3.8) is 0 Å². The molecule has 0 radical (unpaired) electrons. The van der Waals surface area contributed by atoms with Crippen molar-refractivity contribution in [3.8, 4) is 0 Å². The summed E-state index contributed by atoms with van der Waals surface area (Å²) < 4.78 is 1.82. The molecular formula is C16H18N6O2S. The summed E-state index contributed by atoms with van der Waals surface area (Å²) in [5.41, 5.74) is 1.16. The maximum absolute atomic E-state index is 12.2. The van der Waals surface area contributed by atoms with E-state index in [1.54, 1.807) is 13.1 Å². The van der Waals surface area contributed by atoms with Crippen molar-refractivity contribution in [1.82, 2.24) is 29.7 Å². The Morgan fingerprint density at radius 3 is 3.00 bits per heavy atom. The molecule has 0 unspecified atom stereocenters. The highest BCUT2D eigenvalue weighted by atomic mass is 32.2. The van der Waals surface area contributed by atoms with Gasteiger partial charge in [0.2, 0.25) is 11.7 Å². The first kappa shape index (κ1) is 17.2. The summed E-state index contributed by atoms with van der Waals surface area (Å²) in [6.45, 7) is 3.72. The first-order chi connectivity index (χ1) is 12.0. The fourth-order valence-corrected chi connectivity index (χ4v) is 3.12. The van der Waals surface area contributed by atoms with Gasteiger partial charge in [0.1, 0.15) is 0 Å². The first-order valence-corrected chi connectivity index (χ1v) is 8.83. The molecule has 3 rings (SSSR count). The summed E-state index contributed by atoms with van der Waals surface area (Å²) in [7, 11) is 0. The number of hydrogen-bond donors (Lipinski definition) is 2. The number of aromatic nitrogens is 5. The number of aryl methyl sites for hydroxylation is 1. The van der Waals surface area contributed by atoms with Crippen molar-refractivity contribution >= 4 is 23.4 Å². The number of carbonyl (C=O) groups excluding carboxylic acids is 1. The smallest absolute Gasteiger partial charge is 0.251 e. The Kier molecular flexibility index (Phi) is 5.13. The van der Waals surface area contributed by atoms with E-state index in [4.69, 9.17) is 0 Å². The van der Waals surface area contributed by atoms with Gasteiger partial charge in [-0.2, -0.15) is 0 Å². The van der Waals surface area contributed by atoms with Gasteiger partial charge in [0, 0.05) is 30.4 Å². The minimum atomic E-state index is -0.223. The zero-order chi connectivity index (χ0) is 17.8. The molecule has 0 spiro atoms. The SMILES string of the molecule is CC[C@H](NC(=O)CSc1nc(C)cc(=O)[nH]1)c1cn2cccnc2n1. The van der Waals surface area contributed by atoms with Gasteiger partial charge in [-0.05, 0) is 19.4 Å². The largest absolute Gasteiger partial charge is 0.347 e. The van der Waals surface area contributed by atoms with Crippen molar-refractivity contribution in [1.29, 1.82) is 0 Å². The fraction of sp³-hybridized carbons (Fsp3) is 0.312. The third kappa shape index (κ3) is 4.24. The van der Waals surface area contributed by atoms with E-state index in [-0.39, 0.29) is 23.3 Å². The Labute approximate surface area is 148 Å². The van der Waals surface area contributed by atoms with Crippen molar-refractivity contribution in [2.45, 2.75) is 31.5 Å². The van der Waals surface area contributed by atoms with E-state index in [2.05, 4.69) is 25.3 Å². The van der Waals surface area contributed by atoms with Crippen LogP contribution >= 0.6 is 11.8 Å². The lowest BCUT2D eigenvalue weighted by molar-refractivity contribution is -0.119. The molecular weight excluding hydrogens is 340 g/mol. The number of aromatic amines is 1. The van der Waals surface area contributed by atoms with Gasteiger partial charge in [-0.15, -0.1) is 0 Å². The lowest BCUT2D eigenvalue weighted by Gasteiger charge is -2.14. The first-order valence-electron chi connectivity index (χ1n) is 7.85. The van der Waals surface area contributed by atoms with Gasteiger partial charge in [-0.3, -0.25) is 14.0 Å². The third-order valence-corrected chi connectivity index (χ3v) is 4.42. The van der Waals surface area contributed by atoms with Gasteiger partial charge in [-0.1, -0.05) is 18.7 Å². The Balaban J connectivity index is 1.64. The van der Waals surface area contributed by atoms with Crippen LogP contribution in [0, 0.1) is 6.92 Å². The zero-order valence-corrected chi connectivity index (χ0v) is 14.7. The second kappa shape index (κ2) is 7.47. The summed E-state index contributed by atoms with van der Waals surface area (Å²) in [5, 5.41) is 3.40. The van der Waals surface area contributed by atoms with Crippen molar-refractivity contribution in [2.24, 2.45) is 0 Å². The fourth-order valence-electron chi connectivity index (χ4n) is 2.39. The van der Waals surface area contributed by atoms with Crippen molar-refractivity contribution in [3.05, 3.63) is 52.5 Å². The van der Waals surface area contributed by atoms with E-state index >= 15 is 0 Å². The molecule has 1 atom stereocenters. The van der Waals surface area contributed by atoms with Crippen LogP contribution in [0.5, 0.6) is 0 Å². The number of H-pyrrole nitrogens is 1. The number of hydrogen-bond acceptors (Lipinski definition) is 6. The average molecular weight is 358 g/mol. The second-order valence-electron chi connectivity index (χ2n) is 5.50. The molecule has 130 valence electrons. The molecule has 0 saturated carbocycles. The van der Waals surface area contributed by atoms with E-state index < -0.39 is 0 Å². The number of rotatable bonds is 6. The van der Waals surface area contributed by atoms with Crippen molar-refractivity contribution < 1.29 is 4.79 Å². The number of thioether (sulfide) groups is 1. The van der Waals surface area contributed by atoms with Gasteiger partial charge in [0.15, 0.2) is 5.16 Å². The molecule has 0 bridgehead atoms. The summed E-state index contributed by atoms with van der Waals surface area (Å²) in [6, 6.07) is 3.04. The quantitative estimate of drug-likeness (QED) is 0.511. The minimum Gasteiger partial charge on any atom is -0.347 e. The minimum absolute atomic E-state index is 0.147. The third-order valence-electron chi connectivity index (χ3n) is 3.54. The van der Waals surface area contributed by atoms with E-state index in [1.165, 1.54) is 17.8 Å². The molecule has 25 heavy (non-hydrogen) atoms. The molecule has 0 aliphatic carbocycles. The number of amides is 1. The number of nitrogens with zero attached hydrogens (tertiary/aromatic N) is 4. The van der Waals surface area contributed by atoms with Crippen LogP contribution in [0.4, 0.5) is 0 Å². The van der Waals surface area contributed by atoms with Gasteiger partial charge in [0.25, 0.3) is 5.56 Å². The van der Waals surface area contributed by atoms with Crippen LogP contribution < -0.4 is 10.9 Å². The second-order valence-corrected chi connectivity index (χ2v) is 6.47. The van der Waals surface area contributed by atoms with Gasteiger partial charge >= 0.3 is 0 Å². The van der Waals surface area contributed by atoms with Crippen LogP contribution in [0.2, 0.25) is 0 Å². The van der Waals surface area contributed by atoms with Gasteiger partial charge in [0.05, 0.1) is 17.5 Å². The van der Waals surface area contributed by atoms with Crippen LogP contribution in [0.1, 0.15) is 30.8 Å². The topological polar surface area (TPSA) is 105 Å². The molecule has 3 aromatic heterocycles. The molecule has 1 amide bonds. The highest BCUT2D eigenvalue weighted by molar-refractivity contribution is 7.99. The lowest BCUT2D eigenvalue weighted by atomic mass is 10.2. The number of carbonyl (C=O) groups is 1. The molecule has 0 saturated heterocycles. The molecule has 3 aromatic rings. The molecule has 2 N–H and O–H groups in total. The normalized spacial score (nSPS) is 12.2. The maximum atomic E-state index is 12.2. The average Bonchev–Trinajstić information content (AvgIpc) is 3.01. The van der Waals surface area contributed by atoms with Gasteiger partial charge in [-0.25, -0.2) is 15.0 Å². The van der Waals surface area contributed by atoms with Crippen LogP contribution in [0.3, 0.4) is 0 Å².